The van der Waals surface area contributed by atoms with Crippen LogP contribution in [0.15, 0.2) is 40.1 Å². The van der Waals surface area contributed by atoms with Crippen LogP contribution in [0.25, 0.3) is 0 Å². The fraction of sp³-hybridized carbons (Fsp3) is 0.565. The third-order valence-corrected chi connectivity index (χ3v) is 5.63. The Morgan fingerprint density at radius 3 is 2.80 bits per heavy atom. The lowest BCUT2D eigenvalue weighted by Gasteiger charge is -2.28. The average molecular weight is 419 g/mol. The van der Waals surface area contributed by atoms with Gasteiger partial charge in [0, 0.05) is 5.57 Å². The van der Waals surface area contributed by atoms with Gasteiger partial charge in [-0.2, -0.15) is 0 Å². The Labute approximate surface area is 176 Å². The maximum atomic E-state index is 13.1. The molecule has 3 rings (SSSR count). The number of ether oxygens (including phenoxy) is 2. The largest absolute Gasteiger partial charge is 0.478 e. The minimum Gasteiger partial charge on any atom is -0.478 e. The summed E-state index contributed by atoms with van der Waals surface area (Å²) in [6.07, 6.45) is 11.3. The third kappa shape index (κ3) is 6.12. The smallest absolute Gasteiger partial charge is 0.331 e. The number of carbonyl (C=O) groups is 1. The Kier molecular flexibility index (Phi) is 7.99. The molecule has 1 fully saturated rings. The van der Waals surface area contributed by atoms with Crippen molar-refractivity contribution >= 4 is 5.97 Å². The Balaban J connectivity index is 1.48. The van der Waals surface area contributed by atoms with Gasteiger partial charge < -0.3 is 19.0 Å². The van der Waals surface area contributed by atoms with Crippen molar-refractivity contribution < 1.29 is 28.2 Å². The highest BCUT2D eigenvalue weighted by molar-refractivity contribution is 5.86. The van der Waals surface area contributed by atoms with Crippen molar-refractivity contribution in [2.75, 3.05) is 6.61 Å². The number of aliphatic carboxylic acids is 1. The van der Waals surface area contributed by atoms with Gasteiger partial charge in [0.25, 0.3) is 0 Å². The standard InChI is InChI=1S/C23H30FNO5/c1-3-16(23(26)27)11-12-28-19-5-4-6-20(13-19)29-14-21-15(2)30-22(25-21)17-7-9-18(24)10-8-17/h7,9-11,17,19-20H,3-6,8,12-14H2,1-2H3,(H,26,27)/b16-11+/t17?,19-,20+/m1/s1. The molecule has 7 heteroatoms. The van der Waals surface area contributed by atoms with Crippen LogP contribution in [0.5, 0.6) is 0 Å². The van der Waals surface area contributed by atoms with Crippen LogP contribution in [-0.4, -0.2) is 34.9 Å². The van der Waals surface area contributed by atoms with Crippen molar-refractivity contribution in [1.29, 1.82) is 0 Å². The van der Waals surface area contributed by atoms with Crippen molar-refractivity contribution in [3.05, 3.63) is 53.0 Å². The molecule has 1 N–H and O–H groups in total. The summed E-state index contributed by atoms with van der Waals surface area (Å²) < 4.78 is 30.9. The summed E-state index contributed by atoms with van der Waals surface area (Å²) >= 11 is 0. The van der Waals surface area contributed by atoms with Gasteiger partial charge in [-0.1, -0.05) is 13.0 Å². The highest BCUT2D eigenvalue weighted by Gasteiger charge is 2.24. The number of rotatable bonds is 9. The number of halogens is 1. The zero-order valence-electron chi connectivity index (χ0n) is 17.6. The number of hydrogen-bond acceptors (Lipinski definition) is 5. The van der Waals surface area contributed by atoms with E-state index in [0.29, 0.717) is 37.5 Å². The minimum absolute atomic E-state index is 0.0451. The predicted octanol–water partition coefficient (Wildman–Crippen LogP) is 5.15. The van der Waals surface area contributed by atoms with Gasteiger partial charge in [-0.05, 0) is 63.7 Å². The molecule has 1 saturated carbocycles. The Bertz CT molecular complexity index is 826. The quantitative estimate of drug-likeness (QED) is 0.558. The summed E-state index contributed by atoms with van der Waals surface area (Å²) in [5.41, 5.74) is 1.15. The summed E-state index contributed by atoms with van der Waals surface area (Å²) in [5, 5.41) is 9.07. The van der Waals surface area contributed by atoms with Crippen LogP contribution in [0.4, 0.5) is 4.39 Å². The Hall–Kier alpha value is -2.25. The molecule has 0 aliphatic heterocycles. The molecule has 3 atom stereocenters. The van der Waals surface area contributed by atoms with Crippen molar-refractivity contribution in [2.24, 2.45) is 0 Å². The number of allylic oxidation sites excluding steroid dienone is 4. The number of aryl methyl sites for hydroxylation is 1. The van der Waals surface area contributed by atoms with E-state index >= 15 is 0 Å². The Morgan fingerprint density at radius 2 is 2.13 bits per heavy atom. The molecule has 0 spiro atoms. The van der Waals surface area contributed by atoms with Crippen LogP contribution >= 0.6 is 0 Å². The van der Waals surface area contributed by atoms with Crippen LogP contribution in [0.1, 0.15) is 68.7 Å². The molecule has 0 bridgehead atoms. The SMILES string of the molecule is CC/C(=C\CO[C@@H]1CCC[C@H](OCc2nc(C3C=CC(F)=CC3)oc2C)C1)C(=O)O. The number of aromatic nitrogens is 1. The molecule has 30 heavy (non-hydrogen) atoms. The second kappa shape index (κ2) is 10.7. The van der Waals surface area contributed by atoms with E-state index in [1.165, 1.54) is 12.2 Å². The van der Waals surface area contributed by atoms with E-state index in [-0.39, 0.29) is 24.0 Å². The van der Waals surface area contributed by atoms with Crippen LogP contribution in [-0.2, 0) is 20.9 Å². The summed E-state index contributed by atoms with van der Waals surface area (Å²) in [7, 11) is 0. The van der Waals surface area contributed by atoms with Gasteiger partial charge in [0.1, 0.15) is 17.3 Å². The molecule has 164 valence electrons. The van der Waals surface area contributed by atoms with Crippen molar-refractivity contribution in [3.8, 4) is 0 Å². The van der Waals surface area contributed by atoms with E-state index in [4.69, 9.17) is 19.0 Å². The maximum Gasteiger partial charge on any atom is 0.331 e. The molecule has 0 radical (unpaired) electrons. The summed E-state index contributed by atoms with van der Waals surface area (Å²) in [4.78, 5) is 15.6. The lowest BCUT2D eigenvalue weighted by atomic mass is 9.95. The molecule has 6 nitrogen and oxygen atoms in total. The molecule has 0 aromatic carbocycles. The molecular formula is C23H30FNO5. The van der Waals surface area contributed by atoms with E-state index in [9.17, 15) is 9.18 Å². The number of carboxylic acids is 1. The zero-order valence-corrected chi connectivity index (χ0v) is 17.6. The molecule has 2 aliphatic rings. The van der Waals surface area contributed by atoms with Gasteiger partial charge in [0.15, 0.2) is 0 Å². The van der Waals surface area contributed by atoms with Crippen molar-refractivity contribution in [2.45, 2.75) is 77.1 Å². The molecule has 0 saturated heterocycles. The van der Waals surface area contributed by atoms with Gasteiger partial charge in [0.05, 0.1) is 31.3 Å². The van der Waals surface area contributed by atoms with Crippen LogP contribution < -0.4 is 0 Å². The van der Waals surface area contributed by atoms with Gasteiger partial charge >= 0.3 is 5.97 Å². The molecule has 1 heterocycles. The van der Waals surface area contributed by atoms with E-state index in [1.807, 2.05) is 13.8 Å². The van der Waals surface area contributed by atoms with E-state index in [1.54, 1.807) is 12.2 Å². The van der Waals surface area contributed by atoms with E-state index in [2.05, 4.69) is 4.98 Å². The first-order chi connectivity index (χ1) is 14.5. The lowest BCUT2D eigenvalue weighted by Crippen LogP contribution is -2.28. The van der Waals surface area contributed by atoms with Gasteiger partial charge in [0.2, 0.25) is 5.89 Å². The molecule has 1 aromatic rings. The normalized spacial score (nSPS) is 24.7. The van der Waals surface area contributed by atoms with Crippen molar-refractivity contribution in [3.63, 3.8) is 0 Å². The maximum absolute atomic E-state index is 13.1. The summed E-state index contributed by atoms with van der Waals surface area (Å²) in [6.45, 7) is 4.36. The second-order valence-electron chi connectivity index (χ2n) is 7.79. The molecule has 1 aromatic heterocycles. The zero-order chi connectivity index (χ0) is 21.5. The van der Waals surface area contributed by atoms with Crippen LogP contribution in [0.3, 0.4) is 0 Å². The Morgan fingerprint density at radius 1 is 1.37 bits per heavy atom. The van der Waals surface area contributed by atoms with Gasteiger partial charge in [-0.3, -0.25) is 0 Å². The molecular weight excluding hydrogens is 389 g/mol. The fourth-order valence-electron chi connectivity index (χ4n) is 3.79. The lowest BCUT2D eigenvalue weighted by molar-refractivity contribution is -0.132. The minimum atomic E-state index is -0.891. The first-order valence-electron chi connectivity index (χ1n) is 10.6. The molecule has 1 unspecified atom stereocenters. The summed E-state index contributed by atoms with van der Waals surface area (Å²) in [5.74, 6) is 0.154. The van der Waals surface area contributed by atoms with Gasteiger partial charge in [-0.15, -0.1) is 0 Å². The van der Waals surface area contributed by atoms with Crippen LogP contribution in [0, 0.1) is 6.92 Å². The number of nitrogens with zero attached hydrogens (tertiary/aromatic N) is 1. The predicted molar refractivity (Wildman–Crippen MR) is 110 cm³/mol. The third-order valence-electron chi connectivity index (χ3n) is 5.63. The van der Waals surface area contributed by atoms with Crippen molar-refractivity contribution in [1.82, 2.24) is 4.98 Å². The van der Waals surface area contributed by atoms with Gasteiger partial charge in [-0.25, -0.2) is 14.2 Å². The molecule has 2 aliphatic carbocycles. The second-order valence-corrected chi connectivity index (χ2v) is 7.79. The number of hydrogen-bond donors (Lipinski definition) is 1. The first kappa shape index (κ1) is 22.4. The topological polar surface area (TPSA) is 81.8 Å². The first-order valence-corrected chi connectivity index (χ1v) is 10.6. The highest BCUT2D eigenvalue weighted by Crippen LogP contribution is 2.29. The van der Waals surface area contributed by atoms with E-state index < -0.39 is 5.97 Å². The van der Waals surface area contributed by atoms with E-state index in [0.717, 1.165) is 37.1 Å². The highest BCUT2D eigenvalue weighted by atomic mass is 19.1. The average Bonchev–Trinajstić information content (AvgIpc) is 3.11. The fourth-order valence-corrected chi connectivity index (χ4v) is 3.79. The molecule has 0 amide bonds. The number of oxazole rings is 1. The summed E-state index contributed by atoms with van der Waals surface area (Å²) in [6, 6.07) is 0. The van der Waals surface area contributed by atoms with Crippen LogP contribution in [0.2, 0.25) is 0 Å². The monoisotopic (exact) mass is 419 g/mol. The number of carboxylic acid groups (broad SMARTS) is 1.